The van der Waals surface area contributed by atoms with Crippen LogP contribution in [0.4, 0.5) is 54.8 Å². The van der Waals surface area contributed by atoms with Gasteiger partial charge in [0.2, 0.25) is 0 Å². The topological polar surface area (TPSA) is 203 Å². The van der Waals surface area contributed by atoms with Crippen LogP contribution in [0.2, 0.25) is 0 Å². The van der Waals surface area contributed by atoms with Crippen molar-refractivity contribution in [2.75, 3.05) is 31.5 Å². The number of ether oxygens (including phenoxy) is 3. The number of anilines is 4. The lowest BCUT2D eigenvalue weighted by Gasteiger charge is -2.25. The first-order chi connectivity index (χ1) is 35.7. The minimum Gasteiger partial charge on any atom is -0.494 e. The highest BCUT2D eigenvalue weighted by atomic mass is 19.3. The van der Waals surface area contributed by atoms with Gasteiger partial charge in [-0.2, -0.15) is 10.2 Å². The van der Waals surface area contributed by atoms with E-state index in [0.717, 1.165) is 12.8 Å². The van der Waals surface area contributed by atoms with E-state index in [-0.39, 0.29) is 66.2 Å². The number of Topliss-reactive ketones (excluding diaryl/α,β-unsaturated/α-hetero) is 2. The number of nitrogens with zero attached hydrogens (tertiary/aromatic N) is 11. The molecule has 7 aromatic rings. The molecular formula is C50H49F6N13O5. The number of ketones is 2. The summed E-state index contributed by atoms with van der Waals surface area (Å²) in [5.41, 5.74) is 4.43. The molecule has 0 radical (unpaired) electrons. The minimum absolute atomic E-state index is 0.0773. The van der Waals surface area contributed by atoms with E-state index in [2.05, 4.69) is 50.7 Å². The fourth-order valence-electron chi connectivity index (χ4n) is 9.14. The molecule has 5 aromatic heterocycles. The van der Waals surface area contributed by atoms with E-state index in [1.54, 1.807) is 84.6 Å². The number of hydrogen-bond donors (Lipinski definition) is 2. The summed E-state index contributed by atoms with van der Waals surface area (Å²) in [6, 6.07) is 13.9. The van der Waals surface area contributed by atoms with Gasteiger partial charge in [0.25, 0.3) is 12.9 Å². The van der Waals surface area contributed by atoms with Crippen LogP contribution in [0.5, 0.6) is 11.5 Å². The molecule has 11 rings (SSSR count). The summed E-state index contributed by atoms with van der Waals surface area (Å²) in [7, 11) is 6.51. The van der Waals surface area contributed by atoms with Crippen LogP contribution in [-0.4, -0.2) is 106 Å². The number of methoxy groups -OCH3 is 2. The summed E-state index contributed by atoms with van der Waals surface area (Å²) in [5.74, 6) is -0.479. The summed E-state index contributed by atoms with van der Waals surface area (Å²) in [6.07, 6.45) is -3.14. The number of pyridine rings is 2. The minimum atomic E-state index is -2.88. The maximum Gasteiger partial charge on any atom is 0.295 e. The van der Waals surface area contributed by atoms with Gasteiger partial charge >= 0.3 is 0 Å². The lowest BCUT2D eigenvalue weighted by molar-refractivity contribution is -0.120. The summed E-state index contributed by atoms with van der Waals surface area (Å²) in [5, 5.41) is 15.1. The normalized spacial score (nSPS) is 19.7. The third kappa shape index (κ3) is 10.3. The molecule has 2 aliphatic carbocycles. The molecule has 386 valence electrons. The van der Waals surface area contributed by atoms with Gasteiger partial charge in [-0.25, -0.2) is 51.3 Å². The highest BCUT2D eigenvalue weighted by molar-refractivity contribution is 5.99. The van der Waals surface area contributed by atoms with Crippen molar-refractivity contribution in [3.05, 3.63) is 84.1 Å². The second-order valence-electron chi connectivity index (χ2n) is 18.3. The number of carbonyl (C=O) groups is 2. The second kappa shape index (κ2) is 20.6. The molecule has 0 bridgehead atoms. The summed E-state index contributed by atoms with van der Waals surface area (Å²) in [6.45, 7) is 0.432. The Hall–Kier alpha value is -7.76. The highest BCUT2D eigenvalue weighted by Crippen LogP contribution is 2.44. The smallest absolute Gasteiger partial charge is 0.295 e. The lowest BCUT2D eigenvalue weighted by atomic mass is 10.1. The molecule has 74 heavy (non-hydrogen) atoms. The summed E-state index contributed by atoms with van der Waals surface area (Å²) in [4.78, 5) is 51.0. The number of halogens is 6. The monoisotopic (exact) mass is 1030 g/mol. The quantitative estimate of drug-likeness (QED) is 0.0818. The molecular weight excluding hydrogens is 977 g/mol. The SMILES string of the molecule is COc1c(Nc2cc(CC(=O)[C@H]3C[C@@H]3F)nc3c2N=C(C(F)F)C3)cccc1-c1ncn(C)n1.COc1c(Nc2cc(CC(=O)[C@H]3C[C@@H]3F)nc3c2nc(C(F)F)n3C2CCCCO2)cccc1-c1ncn(C)n1. The van der Waals surface area contributed by atoms with Crippen molar-refractivity contribution >= 4 is 56.9 Å². The van der Waals surface area contributed by atoms with Gasteiger partial charge in [-0.3, -0.25) is 28.5 Å². The third-order valence-electron chi connectivity index (χ3n) is 13.0. The van der Waals surface area contributed by atoms with Crippen LogP contribution >= 0.6 is 0 Å². The Balaban J connectivity index is 0.000000172. The number of aromatic nitrogens is 10. The van der Waals surface area contributed by atoms with Crippen molar-refractivity contribution in [3.63, 3.8) is 0 Å². The molecule has 18 nitrogen and oxygen atoms in total. The van der Waals surface area contributed by atoms with Crippen molar-refractivity contribution in [3.8, 4) is 34.3 Å². The number of imidazole rings is 1. The van der Waals surface area contributed by atoms with Crippen LogP contribution in [0.3, 0.4) is 0 Å². The molecule has 1 saturated heterocycles. The Morgan fingerprint density at radius 2 is 1.30 bits per heavy atom. The van der Waals surface area contributed by atoms with E-state index in [4.69, 9.17) is 14.2 Å². The molecule has 4 aliphatic rings. The number of rotatable bonds is 17. The number of para-hydroxylation sites is 2. The zero-order chi connectivity index (χ0) is 51.9. The van der Waals surface area contributed by atoms with Crippen molar-refractivity contribution < 1.29 is 50.1 Å². The van der Waals surface area contributed by atoms with E-state index in [1.807, 2.05) is 0 Å². The first-order valence-electron chi connectivity index (χ1n) is 23.8. The molecule has 2 saturated carbocycles. The number of alkyl halides is 6. The van der Waals surface area contributed by atoms with Crippen molar-refractivity contribution in [2.24, 2.45) is 30.9 Å². The molecule has 0 spiro atoms. The Labute approximate surface area is 418 Å². The van der Waals surface area contributed by atoms with E-state index in [0.29, 0.717) is 87.1 Å². The van der Waals surface area contributed by atoms with E-state index < -0.39 is 49.1 Å². The number of aryl methyl sites for hydroxylation is 2. The summed E-state index contributed by atoms with van der Waals surface area (Å²) < 4.78 is 104. The first-order valence-corrected chi connectivity index (χ1v) is 23.8. The van der Waals surface area contributed by atoms with Crippen molar-refractivity contribution in [2.45, 2.75) is 82.8 Å². The molecule has 2 aliphatic heterocycles. The second-order valence-corrected chi connectivity index (χ2v) is 18.3. The molecule has 2 aromatic carbocycles. The Morgan fingerprint density at radius 3 is 1.78 bits per heavy atom. The van der Waals surface area contributed by atoms with Crippen LogP contribution in [-0.2, 0) is 47.7 Å². The average molecular weight is 1030 g/mol. The molecule has 5 atom stereocenters. The summed E-state index contributed by atoms with van der Waals surface area (Å²) >= 11 is 0. The van der Waals surface area contributed by atoms with Crippen LogP contribution in [0.25, 0.3) is 33.9 Å². The maximum atomic E-state index is 14.3. The molecule has 24 heteroatoms. The molecule has 2 N–H and O–H groups in total. The Bertz CT molecular complexity index is 3300. The zero-order valence-corrected chi connectivity index (χ0v) is 40.4. The van der Waals surface area contributed by atoms with Gasteiger partial charge in [0, 0.05) is 40.0 Å². The van der Waals surface area contributed by atoms with Gasteiger partial charge in [0.05, 0.1) is 82.7 Å². The van der Waals surface area contributed by atoms with Gasteiger partial charge in [0.15, 0.2) is 34.6 Å². The Morgan fingerprint density at radius 1 is 0.743 bits per heavy atom. The number of fused-ring (bicyclic) bond motifs is 2. The Kier molecular flexibility index (Phi) is 13.9. The van der Waals surface area contributed by atoms with Crippen LogP contribution in [0.15, 0.2) is 66.2 Å². The molecule has 3 fully saturated rings. The largest absolute Gasteiger partial charge is 0.494 e. The van der Waals surface area contributed by atoms with Crippen LogP contribution < -0.4 is 20.1 Å². The standard InChI is InChI=1S/C27H28F3N7O3.C23H21F3N6O2/c1-36-13-31-25(35-36)15-6-5-7-18(23(15)39-2)33-19-10-14(11-20(38)16-12-17(16)28)32-26-22(19)34-27(24(29)30)37(26)21-8-3-4-9-40-21;1-32-10-27-23(31-32)12-4-3-5-15(21(12)34-2)29-16-6-11(7-19(33)13-8-14(13)24)28-17-9-18(22(25)26)30-20(16)17/h5-7,10,13,16-17,21,24H,3-4,8-9,11-12H2,1-2H3,(H,32,33);3-6,10,13-14,22H,7-9H2,1-2H3,(H,28,29)/t16-,17-,21?;13-,14-/m00/s1. The zero-order valence-electron chi connectivity index (χ0n) is 40.4. The van der Waals surface area contributed by atoms with Crippen LogP contribution in [0.1, 0.15) is 67.7 Å². The van der Waals surface area contributed by atoms with Gasteiger partial charge in [-0.1, -0.05) is 12.1 Å². The predicted molar refractivity (Wildman–Crippen MR) is 258 cm³/mol. The van der Waals surface area contributed by atoms with Gasteiger partial charge in [-0.15, -0.1) is 0 Å². The van der Waals surface area contributed by atoms with Gasteiger partial charge < -0.3 is 24.8 Å². The van der Waals surface area contributed by atoms with E-state index >= 15 is 0 Å². The fraction of sp³-hybridized carbons (Fsp3) is 0.400. The number of aliphatic imine (C=N–C) groups is 1. The third-order valence-corrected chi connectivity index (χ3v) is 13.0. The van der Waals surface area contributed by atoms with Crippen molar-refractivity contribution in [1.82, 2.24) is 49.0 Å². The number of hydrogen-bond acceptors (Lipinski definition) is 15. The fourth-order valence-corrected chi connectivity index (χ4v) is 9.14. The van der Waals surface area contributed by atoms with Crippen LogP contribution in [0, 0.1) is 11.8 Å². The highest BCUT2D eigenvalue weighted by Gasteiger charge is 2.44. The van der Waals surface area contributed by atoms with E-state index in [1.165, 1.54) is 18.8 Å². The average Bonchev–Trinajstić information content (AvgIpc) is 3.91. The predicted octanol–water partition coefficient (Wildman–Crippen LogP) is 9.08. The molecule has 0 amide bonds. The number of carbonyl (C=O) groups excluding carboxylic acids is 2. The number of nitrogens with one attached hydrogen (secondary N) is 2. The molecule has 7 heterocycles. The van der Waals surface area contributed by atoms with Crippen molar-refractivity contribution in [1.29, 1.82) is 0 Å². The van der Waals surface area contributed by atoms with E-state index in [9.17, 15) is 35.9 Å². The number of benzene rings is 2. The maximum absolute atomic E-state index is 14.3. The van der Waals surface area contributed by atoms with Gasteiger partial charge in [-0.05, 0) is 68.5 Å². The first kappa shape index (κ1) is 49.8. The molecule has 1 unspecified atom stereocenters. The van der Waals surface area contributed by atoms with Gasteiger partial charge in [0.1, 0.15) is 54.0 Å². The lowest BCUT2D eigenvalue weighted by Crippen LogP contribution is -2.21.